The summed E-state index contributed by atoms with van der Waals surface area (Å²) in [6.45, 7) is 9.57. The summed E-state index contributed by atoms with van der Waals surface area (Å²) in [5.41, 5.74) is 2.25. The van der Waals surface area contributed by atoms with E-state index in [9.17, 15) is 4.39 Å². The summed E-state index contributed by atoms with van der Waals surface area (Å²) in [5.74, 6) is 0.317. The number of nitrogens with zero attached hydrogens (tertiary/aromatic N) is 2. The zero-order valence-electron chi connectivity index (χ0n) is 12.2. The van der Waals surface area contributed by atoms with Gasteiger partial charge in [-0.2, -0.15) is 0 Å². The molecule has 1 aromatic heterocycles. The van der Waals surface area contributed by atoms with E-state index in [2.05, 4.69) is 29.8 Å². The van der Waals surface area contributed by atoms with Crippen LogP contribution in [-0.2, 0) is 0 Å². The van der Waals surface area contributed by atoms with Crippen molar-refractivity contribution in [2.75, 3.05) is 6.54 Å². The molecule has 2 unspecified atom stereocenters. The number of likely N-dealkylation sites (tertiary alicyclic amines) is 1. The summed E-state index contributed by atoms with van der Waals surface area (Å²) in [6.07, 6.45) is 6.52. The second-order valence-corrected chi connectivity index (χ2v) is 5.30. The van der Waals surface area contributed by atoms with Crippen molar-refractivity contribution in [2.24, 2.45) is 5.92 Å². The standard InChI is InChI=1S/C14H17FN2.C2H6/c1-9(2)17-8-11-4-13(17)5-14(11)10-3-12(15)7-16-6-10;1-2/h3,5-7,9,11,13H,4,8H2,1-2H3;1-2H3. The minimum atomic E-state index is -0.244. The number of hydrogen-bond donors (Lipinski definition) is 0. The van der Waals surface area contributed by atoms with Crippen molar-refractivity contribution in [1.82, 2.24) is 9.88 Å². The average Bonchev–Trinajstić information content (AvgIpc) is 3.00. The molecule has 0 aromatic carbocycles. The Labute approximate surface area is 115 Å². The van der Waals surface area contributed by atoms with Gasteiger partial charge in [0.25, 0.3) is 0 Å². The molecule has 0 saturated carbocycles. The second kappa shape index (κ2) is 5.83. The van der Waals surface area contributed by atoms with E-state index in [0.29, 0.717) is 18.0 Å². The van der Waals surface area contributed by atoms with Gasteiger partial charge in [-0.15, -0.1) is 0 Å². The smallest absolute Gasteiger partial charge is 0.142 e. The average molecular weight is 262 g/mol. The molecule has 1 aliphatic carbocycles. The van der Waals surface area contributed by atoms with Gasteiger partial charge in [0.1, 0.15) is 5.82 Å². The van der Waals surface area contributed by atoms with Crippen LogP contribution >= 0.6 is 0 Å². The maximum Gasteiger partial charge on any atom is 0.142 e. The highest BCUT2D eigenvalue weighted by molar-refractivity contribution is 5.71. The zero-order valence-corrected chi connectivity index (χ0v) is 12.2. The Hall–Kier alpha value is -1.22. The largest absolute Gasteiger partial charge is 0.294 e. The van der Waals surface area contributed by atoms with Crippen LogP contribution in [0.5, 0.6) is 0 Å². The summed E-state index contributed by atoms with van der Waals surface area (Å²) >= 11 is 0. The lowest BCUT2D eigenvalue weighted by Gasteiger charge is -2.29. The molecule has 1 aliphatic heterocycles. The number of halogens is 1. The molecule has 104 valence electrons. The van der Waals surface area contributed by atoms with E-state index in [1.54, 1.807) is 12.3 Å². The number of fused-ring (bicyclic) bond motifs is 2. The number of hydrogen-bond acceptors (Lipinski definition) is 2. The van der Waals surface area contributed by atoms with Crippen LogP contribution in [0.25, 0.3) is 5.57 Å². The Morgan fingerprint density at radius 2 is 2.05 bits per heavy atom. The summed E-state index contributed by atoms with van der Waals surface area (Å²) in [4.78, 5) is 6.45. The number of rotatable bonds is 2. The molecule has 1 fully saturated rings. The van der Waals surface area contributed by atoms with E-state index in [0.717, 1.165) is 12.1 Å². The van der Waals surface area contributed by atoms with E-state index in [4.69, 9.17) is 0 Å². The Bertz CT molecular complexity index is 468. The van der Waals surface area contributed by atoms with Gasteiger partial charge in [-0.05, 0) is 43.4 Å². The Morgan fingerprint density at radius 3 is 2.58 bits per heavy atom. The third-order valence-electron chi connectivity index (χ3n) is 3.90. The van der Waals surface area contributed by atoms with Crippen LogP contribution in [0.1, 0.15) is 39.7 Å². The molecule has 3 heteroatoms. The van der Waals surface area contributed by atoms with Gasteiger partial charge in [-0.1, -0.05) is 19.9 Å². The lowest BCUT2D eigenvalue weighted by atomic mass is 9.96. The molecule has 1 saturated heterocycles. The summed E-state index contributed by atoms with van der Waals surface area (Å²) in [7, 11) is 0. The van der Waals surface area contributed by atoms with Crippen molar-refractivity contribution in [2.45, 2.75) is 46.2 Å². The van der Waals surface area contributed by atoms with Crippen molar-refractivity contribution in [3.63, 3.8) is 0 Å². The van der Waals surface area contributed by atoms with Crippen LogP contribution < -0.4 is 0 Å². The third kappa shape index (κ3) is 2.71. The topological polar surface area (TPSA) is 16.1 Å². The summed E-state index contributed by atoms with van der Waals surface area (Å²) in [6, 6.07) is 2.73. The zero-order chi connectivity index (χ0) is 14.0. The molecule has 0 amide bonds. The molecule has 0 radical (unpaired) electrons. The number of aromatic nitrogens is 1. The minimum Gasteiger partial charge on any atom is -0.294 e. The monoisotopic (exact) mass is 262 g/mol. The highest BCUT2D eigenvalue weighted by atomic mass is 19.1. The molecule has 2 nitrogen and oxygen atoms in total. The lowest BCUT2D eigenvalue weighted by Crippen LogP contribution is -2.36. The van der Waals surface area contributed by atoms with Gasteiger partial charge in [0.2, 0.25) is 0 Å². The van der Waals surface area contributed by atoms with E-state index in [1.165, 1.54) is 18.2 Å². The fraction of sp³-hybridized carbons (Fsp3) is 0.562. The first kappa shape index (κ1) is 14.2. The fourth-order valence-electron chi connectivity index (χ4n) is 3.12. The highest BCUT2D eigenvalue weighted by Crippen LogP contribution is 2.42. The molecule has 3 rings (SSSR count). The first-order valence-corrected chi connectivity index (χ1v) is 7.23. The van der Waals surface area contributed by atoms with Crippen LogP contribution in [-0.4, -0.2) is 28.5 Å². The van der Waals surface area contributed by atoms with Crippen molar-refractivity contribution >= 4 is 5.57 Å². The SMILES string of the molecule is CC.CC(C)N1CC2CC1C=C2c1cncc(F)c1. The maximum atomic E-state index is 13.2. The molecular formula is C16H23FN2. The van der Waals surface area contributed by atoms with Crippen molar-refractivity contribution < 1.29 is 4.39 Å². The van der Waals surface area contributed by atoms with Gasteiger partial charge < -0.3 is 0 Å². The van der Waals surface area contributed by atoms with Crippen LogP contribution in [0.3, 0.4) is 0 Å². The summed E-state index contributed by atoms with van der Waals surface area (Å²) in [5, 5.41) is 0. The third-order valence-corrected chi connectivity index (χ3v) is 3.90. The maximum absolute atomic E-state index is 13.2. The Balaban J connectivity index is 0.000000637. The van der Waals surface area contributed by atoms with Crippen molar-refractivity contribution in [3.8, 4) is 0 Å². The molecular weight excluding hydrogens is 239 g/mol. The van der Waals surface area contributed by atoms with Crippen molar-refractivity contribution in [1.29, 1.82) is 0 Å². The Kier molecular flexibility index (Phi) is 4.35. The lowest BCUT2D eigenvalue weighted by molar-refractivity contribution is 0.227. The molecule has 1 aromatic rings. The first-order valence-electron chi connectivity index (χ1n) is 7.23. The normalized spacial score (nSPS) is 25.3. The van der Waals surface area contributed by atoms with Gasteiger partial charge in [0, 0.05) is 24.8 Å². The predicted molar refractivity (Wildman–Crippen MR) is 77.3 cm³/mol. The highest BCUT2D eigenvalue weighted by Gasteiger charge is 2.39. The molecule has 2 heterocycles. The number of pyridine rings is 1. The van der Waals surface area contributed by atoms with E-state index >= 15 is 0 Å². The van der Waals surface area contributed by atoms with E-state index in [-0.39, 0.29) is 5.82 Å². The molecule has 2 atom stereocenters. The quantitative estimate of drug-likeness (QED) is 0.807. The van der Waals surface area contributed by atoms with Crippen LogP contribution in [0, 0.1) is 11.7 Å². The molecule has 19 heavy (non-hydrogen) atoms. The Morgan fingerprint density at radius 1 is 1.32 bits per heavy atom. The van der Waals surface area contributed by atoms with Gasteiger partial charge >= 0.3 is 0 Å². The first-order chi connectivity index (χ1) is 9.15. The predicted octanol–water partition coefficient (Wildman–Crippen LogP) is 3.74. The van der Waals surface area contributed by atoms with Crippen LogP contribution in [0.2, 0.25) is 0 Å². The van der Waals surface area contributed by atoms with Crippen LogP contribution in [0.15, 0.2) is 24.5 Å². The molecule has 0 N–H and O–H groups in total. The van der Waals surface area contributed by atoms with E-state index in [1.807, 2.05) is 13.8 Å². The van der Waals surface area contributed by atoms with Gasteiger partial charge in [0.15, 0.2) is 0 Å². The molecule has 2 aliphatic rings. The van der Waals surface area contributed by atoms with Gasteiger partial charge in [-0.25, -0.2) is 4.39 Å². The van der Waals surface area contributed by atoms with Gasteiger partial charge in [-0.3, -0.25) is 9.88 Å². The summed E-state index contributed by atoms with van der Waals surface area (Å²) < 4.78 is 13.2. The van der Waals surface area contributed by atoms with Crippen LogP contribution in [0.4, 0.5) is 4.39 Å². The van der Waals surface area contributed by atoms with Gasteiger partial charge in [0.05, 0.1) is 6.20 Å². The second-order valence-electron chi connectivity index (χ2n) is 5.30. The molecule has 0 spiro atoms. The fourth-order valence-corrected chi connectivity index (χ4v) is 3.12. The van der Waals surface area contributed by atoms with E-state index < -0.39 is 0 Å². The van der Waals surface area contributed by atoms with Crippen molar-refractivity contribution in [3.05, 3.63) is 35.9 Å². The minimum absolute atomic E-state index is 0.244. The molecule has 2 bridgehead atoms.